The summed E-state index contributed by atoms with van der Waals surface area (Å²) in [5.74, 6) is -0.709. The SMILES string of the molecule is COCC(O)C1OC(C)(C)OC1CCO. The van der Waals surface area contributed by atoms with Gasteiger partial charge in [0.15, 0.2) is 5.79 Å². The van der Waals surface area contributed by atoms with Crippen molar-refractivity contribution >= 4 is 0 Å². The number of aliphatic hydroxyl groups is 2. The van der Waals surface area contributed by atoms with Crippen LogP contribution in [0.4, 0.5) is 0 Å². The molecule has 15 heavy (non-hydrogen) atoms. The van der Waals surface area contributed by atoms with Crippen LogP contribution >= 0.6 is 0 Å². The van der Waals surface area contributed by atoms with Crippen molar-refractivity contribution in [1.82, 2.24) is 0 Å². The molecule has 1 fully saturated rings. The third kappa shape index (κ3) is 3.39. The van der Waals surface area contributed by atoms with Crippen molar-refractivity contribution in [3.05, 3.63) is 0 Å². The van der Waals surface area contributed by atoms with E-state index in [4.69, 9.17) is 19.3 Å². The molecule has 1 rings (SSSR count). The summed E-state index contributed by atoms with van der Waals surface area (Å²) in [6, 6.07) is 0. The Morgan fingerprint density at radius 2 is 2.07 bits per heavy atom. The second kappa shape index (κ2) is 5.23. The van der Waals surface area contributed by atoms with Gasteiger partial charge in [0.05, 0.1) is 12.7 Å². The van der Waals surface area contributed by atoms with Crippen molar-refractivity contribution in [2.24, 2.45) is 0 Å². The fraction of sp³-hybridized carbons (Fsp3) is 1.00. The number of methoxy groups -OCH3 is 1. The van der Waals surface area contributed by atoms with Gasteiger partial charge in [0.1, 0.15) is 12.2 Å². The number of hydrogen-bond donors (Lipinski definition) is 2. The molecular formula is C10H20O5. The number of hydrogen-bond acceptors (Lipinski definition) is 5. The fourth-order valence-electron chi connectivity index (χ4n) is 1.81. The number of aliphatic hydroxyl groups excluding tert-OH is 2. The molecule has 90 valence electrons. The molecule has 1 aliphatic heterocycles. The minimum Gasteiger partial charge on any atom is -0.396 e. The Balaban J connectivity index is 2.59. The van der Waals surface area contributed by atoms with Crippen LogP contribution in [0.5, 0.6) is 0 Å². The molecule has 0 aliphatic carbocycles. The fourth-order valence-corrected chi connectivity index (χ4v) is 1.81. The average Bonchev–Trinajstić information content (AvgIpc) is 2.42. The summed E-state index contributed by atoms with van der Waals surface area (Å²) >= 11 is 0. The first-order valence-electron chi connectivity index (χ1n) is 5.13. The maximum atomic E-state index is 9.77. The van der Waals surface area contributed by atoms with Gasteiger partial charge in [-0.1, -0.05) is 0 Å². The predicted octanol–water partition coefficient (Wildman–Crippen LogP) is -0.104. The summed E-state index contributed by atoms with van der Waals surface area (Å²) in [5, 5.41) is 18.6. The molecule has 0 saturated carbocycles. The van der Waals surface area contributed by atoms with Gasteiger partial charge in [0.25, 0.3) is 0 Å². The smallest absolute Gasteiger partial charge is 0.163 e. The second-order valence-electron chi connectivity index (χ2n) is 4.17. The third-order valence-corrected chi connectivity index (χ3v) is 2.35. The predicted molar refractivity (Wildman–Crippen MR) is 53.4 cm³/mol. The van der Waals surface area contributed by atoms with Gasteiger partial charge in [-0.15, -0.1) is 0 Å². The zero-order chi connectivity index (χ0) is 11.5. The molecule has 5 nitrogen and oxygen atoms in total. The highest BCUT2D eigenvalue weighted by Crippen LogP contribution is 2.31. The second-order valence-corrected chi connectivity index (χ2v) is 4.17. The van der Waals surface area contributed by atoms with E-state index in [2.05, 4.69) is 0 Å². The lowest BCUT2D eigenvalue weighted by atomic mass is 10.1. The first-order chi connectivity index (χ1) is 7.00. The Hall–Kier alpha value is -0.200. The van der Waals surface area contributed by atoms with E-state index in [0.717, 1.165) is 0 Å². The van der Waals surface area contributed by atoms with Crippen LogP contribution in [0.2, 0.25) is 0 Å². The molecule has 0 aromatic carbocycles. The van der Waals surface area contributed by atoms with Gasteiger partial charge in [-0.2, -0.15) is 0 Å². The van der Waals surface area contributed by atoms with Gasteiger partial charge in [0.2, 0.25) is 0 Å². The maximum Gasteiger partial charge on any atom is 0.163 e. The Morgan fingerprint density at radius 1 is 1.40 bits per heavy atom. The van der Waals surface area contributed by atoms with Crippen LogP contribution in [0.3, 0.4) is 0 Å². The van der Waals surface area contributed by atoms with Crippen LogP contribution in [-0.2, 0) is 14.2 Å². The van der Waals surface area contributed by atoms with E-state index >= 15 is 0 Å². The highest BCUT2D eigenvalue weighted by atomic mass is 16.8. The zero-order valence-corrected chi connectivity index (χ0v) is 9.47. The molecule has 0 aromatic rings. The molecule has 1 saturated heterocycles. The van der Waals surface area contributed by atoms with Crippen molar-refractivity contribution < 1.29 is 24.4 Å². The standard InChI is InChI=1S/C10H20O5/c1-10(2)14-8(4-5-11)9(15-10)7(12)6-13-3/h7-9,11-12H,4-6H2,1-3H3. The summed E-state index contributed by atoms with van der Waals surface area (Å²) in [6.45, 7) is 3.79. The molecule has 0 amide bonds. The van der Waals surface area contributed by atoms with E-state index in [1.54, 1.807) is 13.8 Å². The minimum absolute atomic E-state index is 0.0142. The Bertz CT molecular complexity index is 194. The molecular weight excluding hydrogens is 200 g/mol. The molecule has 3 atom stereocenters. The summed E-state index contributed by atoms with van der Waals surface area (Å²) in [7, 11) is 1.52. The first-order valence-corrected chi connectivity index (χ1v) is 5.13. The molecule has 2 N–H and O–H groups in total. The van der Waals surface area contributed by atoms with Crippen molar-refractivity contribution in [2.45, 2.75) is 44.4 Å². The number of rotatable bonds is 5. The lowest BCUT2D eigenvalue weighted by molar-refractivity contribution is -0.158. The van der Waals surface area contributed by atoms with Gasteiger partial charge < -0.3 is 24.4 Å². The van der Waals surface area contributed by atoms with E-state index in [-0.39, 0.29) is 19.3 Å². The van der Waals surface area contributed by atoms with Gasteiger partial charge in [0, 0.05) is 13.7 Å². The van der Waals surface area contributed by atoms with Crippen molar-refractivity contribution in [2.75, 3.05) is 20.3 Å². The molecule has 0 bridgehead atoms. The van der Waals surface area contributed by atoms with E-state index < -0.39 is 18.0 Å². The van der Waals surface area contributed by atoms with E-state index in [9.17, 15) is 5.11 Å². The van der Waals surface area contributed by atoms with Crippen molar-refractivity contribution in [3.8, 4) is 0 Å². The van der Waals surface area contributed by atoms with Crippen LogP contribution in [0.15, 0.2) is 0 Å². The van der Waals surface area contributed by atoms with E-state index in [1.807, 2.05) is 0 Å². The van der Waals surface area contributed by atoms with Gasteiger partial charge in [-0.05, 0) is 20.3 Å². The lowest BCUT2D eigenvalue weighted by Gasteiger charge is -2.21. The van der Waals surface area contributed by atoms with Crippen molar-refractivity contribution in [3.63, 3.8) is 0 Å². The molecule has 1 aliphatic rings. The zero-order valence-electron chi connectivity index (χ0n) is 9.47. The van der Waals surface area contributed by atoms with Crippen LogP contribution in [-0.4, -0.2) is 54.6 Å². The molecule has 5 heteroatoms. The first kappa shape index (κ1) is 12.9. The molecule has 3 unspecified atom stereocenters. The van der Waals surface area contributed by atoms with E-state index in [1.165, 1.54) is 7.11 Å². The highest BCUT2D eigenvalue weighted by Gasteiger charge is 2.44. The van der Waals surface area contributed by atoms with Crippen LogP contribution in [0.25, 0.3) is 0 Å². The summed E-state index contributed by atoms with van der Waals surface area (Å²) in [5.41, 5.74) is 0. The summed E-state index contributed by atoms with van der Waals surface area (Å²) in [4.78, 5) is 0. The Morgan fingerprint density at radius 3 is 2.60 bits per heavy atom. The summed E-state index contributed by atoms with van der Waals surface area (Å²) < 4.78 is 16.0. The highest BCUT2D eigenvalue weighted by molar-refractivity contribution is 4.86. The quantitative estimate of drug-likeness (QED) is 0.677. The van der Waals surface area contributed by atoms with Gasteiger partial charge in [-0.25, -0.2) is 0 Å². The largest absolute Gasteiger partial charge is 0.396 e. The topological polar surface area (TPSA) is 68.2 Å². The molecule has 1 heterocycles. The third-order valence-electron chi connectivity index (χ3n) is 2.35. The normalized spacial score (nSPS) is 31.8. The lowest BCUT2D eigenvalue weighted by Crippen LogP contribution is -2.38. The van der Waals surface area contributed by atoms with E-state index in [0.29, 0.717) is 6.42 Å². The summed E-state index contributed by atoms with van der Waals surface area (Å²) in [6.07, 6.45) is -0.995. The van der Waals surface area contributed by atoms with Crippen LogP contribution in [0, 0.1) is 0 Å². The molecule has 0 spiro atoms. The maximum absolute atomic E-state index is 9.77. The number of ether oxygens (including phenoxy) is 3. The van der Waals surface area contributed by atoms with Gasteiger partial charge in [-0.3, -0.25) is 0 Å². The molecule has 0 aromatic heterocycles. The van der Waals surface area contributed by atoms with Crippen LogP contribution < -0.4 is 0 Å². The van der Waals surface area contributed by atoms with Crippen molar-refractivity contribution in [1.29, 1.82) is 0 Å². The minimum atomic E-state index is -0.728. The Kier molecular flexibility index (Phi) is 4.48. The van der Waals surface area contributed by atoms with Gasteiger partial charge >= 0.3 is 0 Å². The Labute approximate surface area is 89.9 Å². The monoisotopic (exact) mass is 220 g/mol. The average molecular weight is 220 g/mol. The van der Waals surface area contributed by atoms with Crippen LogP contribution in [0.1, 0.15) is 20.3 Å². The molecule has 0 radical (unpaired) electrons.